The number of nitrogens with two attached hydrogens (primary N) is 2. The Morgan fingerprint density at radius 2 is 1.08 bits per heavy atom. The van der Waals surface area contributed by atoms with Crippen LogP contribution in [0.2, 0.25) is 0 Å². The molecule has 0 aromatic carbocycles. The van der Waals surface area contributed by atoms with Crippen LogP contribution in [0.1, 0.15) is 23.0 Å². The largest absolute Gasteiger partial charge is 0.478 e. The van der Waals surface area contributed by atoms with Crippen LogP contribution < -0.4 is 11.5 Å². The molecule has 0 fully saturated rings. The van der Waals surface area contributed by atoms with Crippen LogP contribution >= 0.6 is 23.5 Å². The molecule has 10 nitrogen and oxygen atoms in total. The van der Waals surface area contributed by atoms with E-state index in [-0.39, 0.29) is 0 Å². The molecule has 0 unspecified atom stereocenters. The summed E-state index contributed by atoms with van der Waals surface area (Å²) in [6, 6.07) is 8.17. The molecule has 6 N–H and O–H groups in total. The second-order valence-corrected chi connectivity index (χ2v) is 10.1. The number of furan rings is 2. The van der Waals surface area contributed by atoms with Crippen molar-refractivity contribution >= 4 is 35.5 Å². The molecule has 0 atom stereocenters. The topological polar surface area (TPSA) is 159 Å². The zero-order valence-corrected chi connectivity index (χ0v) is 23.1. The second-order valence-electron chi connectivity index (χ2n) is 7.90. The lowest BCUT2D eigenvalue weighted by Gasteiger charge is -2.05. The van der Waals surface area contributed by atoms with Gasteiger partial charge < -0.3 is 40.3 Å². The number of nitrogens with zero attached hydrogens (tertiary/aromatic N) is 2. The number of aliphatic carboxylic acids is 2. The van der Waals surface area contributed by atoms with E-state index in [4.69, 9.17) is 30.5 Å². The number of thioether (sulfide) groups is 2. The van der Waals surface area contributed by atoms with Crippen molar-refractivity contribution in [1.82, 2.24) is 9.80 Å². The summed E-state index contributed by atoms with van der Waals surface area (Å²) in [5, 5.41) is 15.6. The van der Waals surface area contributed by atoms with Crippen molar-refractivity contribution in [2.45, 2.75) is 24.6 Å². The maximum Gasteiger partial charge on any atom is 0.328 e. The van der Waals surface area contributed by atoms with Crippen molar-refractivity contribution in [2.75, 3.05) is 52.8 Å². The first-order chi connectivity index (χ1) is 17.1. The van der Waals surface area contributed by atoms with Gasteiger partial charge >= 0.3 is 11.9 Å². The Bertz CT molecular complexity index is 813. The minimum absolute atomic E-state index is 0.558. The van der Waals surface area contributed by atoms with E-state index in [2.05, 4.69) is 9.80 Å². The lowest BCUT2D eigenvalue weighted by molar-refractivity contribution is -0.134. The van der Waals surface area contributed by atoms with Gasteiger partial charge in [-0.25, -0.2) is 9.59 Å². The molecule has 204 valence electrons. The monoisotopic (exact) mass is 544 g/mol. The van der Waals surface area contributed by atoms with Crippen LogP contribution in [0.4, 0.5) is 0 Å². The van der Waals surface area contributed by atoms with Crippen molar-refractivity contribution in [3.05, 3.63) is 59.5 Å². The van der Waals surface area contributed by atoms with Crippen LogP contribution in [0, 0.1) is 0 Å². The fourth-order valence-electron chi connectivity index (χ4n) is 2.45. The molecule has 0 saturated heterocycles. The van der Waals surface area contributed by atoms with Crippen molar-refractivity contribution in [1.29, 1.82) is 0 Å². The Hall–Kier alpha value is -2.22. The molecule has 2 heterocycles. The minimum atomic E-state index is -1.26. The first-order valence-electron chi connectivity index (χ1n) is 11.2. The molecule has 2 aromatic heterocycles. The predicted molar refractivity (Wildman–Crippen MR) is 147 cm³/mol. The minimum Gasteiger partial charge on any atom is -0.478 e. The van der Waals surface area contributed by atoms with Crippen LogP contribution in [0.3, 0.4) is 0 Å². The summed E-state index contributed by atoms with van der Waals surface area (Å²) >= 11 is 3.61. The van der Waals surface area contributed by atoms with Crippen LogP contribution in [-0.2, 0) is 34.2 Å². The van der Waals surface area contributed by atoms with Crippen LogP contribution in [0.25, 0.3) is 0 Å². The first kappa shape index (κ1) is 33.8. The first-order valence-corrected chi connectivity index (χ1v) is 13.5. The summed E-state index contributed by atoms with van der Waals surface area (Å²) in [4.78, 5) is 23.3. The van der Waals surface area contributed by atoms with E-state index in [1.807, 2.05) is 52.5 Å². The van der Waals surface area contributed by atoms with Gasteiger partial charge in [0.15, 0.2) is 0 Å². The van der Waals surface area contributed by atoms with Gasteiger partial charge in [0.25, 0.3) is 0 Å². The highest BCUT2D eigenvalue weighted by Gasteiger charge is 2.03. The van der Waals surface area contributed by atoms with Crippen LogP contribution in [0.5, 0.6) is 0 Å². The van der Waals surface area contributed by atoms with Crippen LogP contribution in [-0.4, -0.2) is 84.7 Å². The van der Waals surface area contributed by atoms with Gasteiger partial charge in [-0.05, 0) is 52.5 Å². The molecule has 0 aliphatic carbocycles. The van der Waals surface area contributed by atoms with E-state index in [9.17, 15) is 9.59 Å². The van der Waals surface area contributed by atoms with E-state index in [1.54, 1.807) is 23.5 Å². The number of carboxylic acids is 2. The van der Waals surface area contributed by atoms with Gasteiger partial charge in [-0.2, -0.15) is 23.5 Å². The summed E-state index contributed by atoms with van der Waals surface area (Å²) in [5.74, 6) is 5.44. The third kappa shape index (κ3) is 20.0. The Kier molecular flexibility index (Phi) is 19.6. The Morgan fingerprint density at radius 1 is 0.750 bits per heavy atom. The van der Waals surface area contributed by atoms with Gasteiger partial charge in [0.1, 0.15) is 23.0 Å². The van der Waals surface area contributed by atoms with E-state index < -0.39 is 11.9 Å². The Morgan fingerprint density at radius 3 is 1.36 bits per heavy atom. The van der Waals surface area contributed by atoms with E-state index in [0.29, 0.717) is 12.2 Å². The predicted octanol–water partition coefficient (Wildman–Crippen LogP) is 2.78. The summed E-state index contributed by atoms with van der Waals surface area (Å²) in [5.41, 5.74) is 10.8. The summed E-state index contributed by atoms with van der Waals surface area (Å²) in [6.07, 6.45) is 1.12. The third-order valence-electron chi connectivity index (χ3n) is 3.76. The highest BCUT2D eigenvalue weighted by molar-refractivity contribution is 7.98. The van der Waals surface area contributed by atoms with Gasteiger partial charge in [-0.15, -0.1) is 0 Å². The van der Waals surface area contributed by atoms with E-state index in [0.717, 1.165) is 72.2 Å². The number of carbonyl (C=O) groups is 2. The normalized spacial score (nSPS) is 10.8. The highest BCUT2D eigenvalue weighted by Crippen LogP contribution is 2.16. The fourth-order valence-corrected chi connectivity index (χ4v) is 3.78. The molecule has 12 heteroatoms. The van der Waals surface area contributed by atoms with E-state index >= 15 is 0 Å². The molecule has 0 aliphatic rings. The van der Waals surface area contributed by atoms with Gasteiger partial charge in [-0.1, -0.05) is 0 Å². The molecule has 36 heavy (non-hydrogen) atoms. The van der Waals surface area contributed by atoms with Crippen LogP contribution in [0.15, 0.2) is 45.3 Å². The van der Waals surface area contributed by atoms with Crippen molar-refractivity contribution in [3.63, 3.8) is 0 Å². The molecular weight excluding hydrogens is 504 g/mol. The molecule has 2 rings (SSSR count). The molecule has 0 aliphatic heterocycles. The SMILES string of the molecule is CN(C)Cc1ccc(CSCCN)o1.CN(C)Cc1ccc(CSCCN)o1.O=C(O)/C=C/C(=O)O. The lowest BCUT2D eigenvalue weighted by Crippen LogP contribution is -2.09. The molecule has 0 bridgehead atoms. The summed E-state index contributed by atoms with van der Waals surface area (Å²) in [7, 11) is 8.13. The lowest BCUT2D eigenvalue weighted by atomic mass is 10.4. The quantitative estimate of drug-likeness (QED) is 0.204. The molecule has 0 amide bonds. The van der Waals surface area contributed by atoms with Gasteiger partial charge in [0, 0.05) is 36.7 Å². The highest BCUT2D eigenvalue weighted by atomic mass is 32.2. The average molecular weight is 545 g/mol. The van der Waals surface area contributed by atoms with Crippen molar-refractivity contribution < 1.29 is 28.6 Å². The van der Waals surface area contributed by atoms with Crippen molar-refractivity contribution in [3.8, 4) is 0 Å². The molecule has 0 spiro atoms. The van der Waals surface area contributed by atoms with Gasteiger partial charge in [0.05, 0.1) is 24.6 Å². The van der Waals surface area contributed by atoms with E-state index in [1.165, 1.54) is 0 Å². The number of carboxylic acid groups (broad SMARTS) is 2. The van der Waals surface area contributed by atoms with Gasteiger partial charge in [-0.3, -0.25) is 0 Å². The number of rotatable bonds is 14. The Labute approximate surface area is 222 Å². The third-order valence-corrected chi connectivity index (χ3v) is 5.79. The second kappa shape index (κ2) is 20.9. The zero-order valence-electron chi connectivity index (χ0n) is 21.5. The number of hydrogen-bond donors (Lipinski definition) is 4. The maximum absolute atomic E-state index is 9.55. The molecular formula is C24H40N4O6S2. The molecule has 0 radical (unpaired) electrons. The molecule has 0 saturated carbocycles. The van der Waals surface area contributed by atoms with Crippen molar-refractivity contribution in [2.24, 2.45) is 11.5 Å². The summed E-state index contributed by atoms with van der Waals surface area (Å²) in [6.45, 7) is 3.19. The maximum atomic E-state index is 9.55. The fraction of sp³-hybridized carbons (Fsp3) is 0.500. The summed E-state index contributed by atoms with van der Waals surface area (Å²) < 4.78 is 11.3. The standard InChI is InChI=1S/2C10H18N2OS.C4H4O4/c2*1-12(2)7-9-3-4-10(13-9)8-14-6-5-11;5-3(6)1-2-4(7)8/h2*3-4H,5-8,11H2,1-2H3;1-2H,(H,5,6)(H,7,8)/b;;2-1+. The molecule has 2 aromatic rings. The zero-order chi connectivity index (χ0) is 27.3. The average Bonchev–Trinajstić information content (AvgIpc) is 3.42. The smallest absolute Gasteiger partial charge is 0.328 e. The van der Waals surface area contributed by atoms with Gasteiger partial charge in [0.2, 0.25) is 0 Å². The Balaban J connectivity index is 0.000000533. The number of hydrogen-bond acceptors (Lipinski definition) is 10.